The molecule has 2 atom stereocenters. The number of aromatic amines is 2. The molecule has 6 nitrogen and oxygen atoms in total. The van der Waals surface area contributed by atoms with Crippen molar-refractivity contribution in [1.29, 1.82) is 0 Å². The largest absolute Gasteiger partial charge is 0.371 e. The van der Waals surface area contributed by atoms with Crippen LogP contribution in [-0.2, 0) is 0 Å². The fourth-order valence-corrected chi connectivity index (χ4v) is 6.15. The summed E-state index contributed by atoms with van der Waals surface area (Å²) < 4.78 is 0. The van der Waals surface area contributed by atoms with Crippen LogP contribution in [0.2, 0.25) is 5.02 Å². The minimum atomic E-state index is 0.694. The molecule has 6 rings (SSSR count). The Kier molecular flexibility index (Phi) is 5.30. The summed E-state index contributed by atoms with van der Waals surface area (Å²) in [7, 11) is 0. The second-order valence-corrected chi connectivity index (χ2v) is 10.6. The van der Waals surface area contributed by atoms with Crippen LogP contribution in [0, 0.1) is 11.8 Å². The second kappa shape index (κ2) is 8.33. The predicted octanol–water partition coefficient (Wildman–Crippen LogP) is 5.71. The Labute approximate surface area is 199 Å². The van der Waals surface area contributed by atoms with Gasteiger partial charge in [-0.15, -0.1) is 0 Å². The van der Waals surface area contributed by atoms with Gasteiger partial charge in [-0.2, -0.15) is 5.10 Å². The molecule has 2 N–H and O–H groups in total. The van der Waals surface area contributed by atoms with Crippen LogP contribution in [0.25, 0.3) is 33.5 Å². The zero-order valence-electron chi connectivity index (χ0n) is 19.3. The molecule has 0 amide bonds. The number of imidazole rings is 1. The number of likely N-dealkylation sites (tertiary alicyclic amines) is 1. The highest BCUT2D eigenvalue weighted by molar-refractivity contribution is 6.31. The zero-order chi connectivity index (χ0) is 22.5. The van der Waals surface area contributed by atoms with Gasteiger partial charge in [-0.1, -0.05) is 25.4 Å². The zero-order valence-corrected chi connectivity index (χ0v) is 20.1. The summed E-state index contributed by atoms with van der Waals surface area (Å²) in [4.78, 5) is 13.6. The van der Waals surface area contributed by atoms with Gasteiger partial charge in [0, 0.05) is 48.3 Å². The molecule has 2 aliphatic rings. The lowest BCUT2D eigenvalue weighted by atomic mass is 9.89. The molecular formula is C26H31ClN6. The van der Waals surface area contributed by atoms with Crippen LogP contribution in [0.4, 0.5) is 5.69 Å². The van der Waals surface area contributed by atoms with Crippen LogP contribution in [0.15, 0.2) is 36.4 Å². The third kappa shape index (κ3) is 4.00. The highest BCUT2D eigenvalue weighted by Gasteiger charge is 2.30. The molecular weight excluding hydrogens is 432 g/mol. The SMILES string of the molecule is CC1CC(C)CN(C2CCN(c3ccc4nc(-c5n[nH]c6cc(Cl)ccc56)[nH]c4c3)CC2)C1. The van der Waals surface area contributed by atoms with Gasteiger partial charge in [-0.05, 0) is 67.5 Å². The van der Waals surface area contributed by atoms with E-state index < -0.39 is 0 Å². The standard InChI is InChI=1S/C26H31ClN6/c1-16-11-17(2)15-33(14-16)19-7-9-32(10-8-19)20-4-6-22-24(13-20)29-26(28-22)25-21-5-3-18(27)12-23(21)30-31-25/h3-6,12-13,16-17,19H,7-11,14-15H2,1-2H3,(H,28,29)(H,30,31). The highest BCUT2D eigenvalue weighted by Crippen LogP contribution is 2.31. The fraction of sp³-hybridized carbons (Fsp3) is 0.462. The molecule has 4 heterocycles. The Balaban J connectivity index is 1.20. The number of nitrogens with zero attached hydrogens (tertiary/aromatic N) is 4. The first-order chi connectivity index (χ1) is 16.0. The number of H-pyrrole nitrogens is 2. The first-order valence-corrected chi connectivity index (χ1v) is 12.5. The second-order valence-electron chi connectivity index (χ2n) is 10.2. The van der Waals surface area contributed by atoms with Gasteiger partial charge in [-0.25, -0.2) is 4.98 Å². The van der Waals surface area contributed by atoms with Gasteiger partial charge in [0.2, 0.25) is 0 Å². The Morgan fingerprint density at radius 3 is 2.55 bits per heavy atom. The summed E-state index contributed by atoms with van der Waals surface area (Å²) in [6.07, 6.45) is 3.87. The molecule has 2 fully saturated rings. The average Bonchev–Trinajstić information content (AvgIpc) is 3.41. The normalized spacial score (nSPS) is 23.1. The van der Waals surface area contributed by atoms with Crippen molar-refractivity contribution in [2.24, 2.45) is 11.8 Å². The lowest BCUT2D eigenvalue weighted by Gasteiger charge is -2.44. The van der Waals surface area contributed by atoms with E-state index in [1.165, 1.54) is 38.0 Å². The van der Waals surface area contributed by atoms with Crippen LogP contribution in [0.1, 0.15) is 33.1 Å². The van der Waals surface area contributed by atoms with Gasteiger partial charge in [0.15, 0.2) is 5.82 Å². The van der Waals surface area contributed by atoms with Crippen LogP contribution in [0.3, 0.4) is 0 Å². The van der Waals surface area contributed by atoms with E-state index in [0.29, 0.717) is 5.02 Å². The molecule has 2 aliphatic heterocycles. The van der Waals surface area contributed by atoms with E-state index in [0.717, 1.165) is 64.4 Å². The number of benzene rings is 2. The molecule has 2 saturated heterocycles. The smallest absolute Gasteiger partial charge is 0.159 e. The quantitative estimate of drug-likeness (QED) is 0.409. The number of fused-ring (bicyclic) bond motifs is 2. The van der Waals surface area contributed by atoms with Crippen molar-refractivity contribution >= 4 is 39.2 Å². The van der Waals surface area contributed by atoms with E-state index in [2.05, 4.69) is 57.0 Å². The molecule has 0 spiro atoms. The minimum Gasteiger partial charge on any atom is -0.371 e. The van der Waals surface area contributed by atoms with Gasteiger partial charge in [0.05, 0.1) is 16.6 Å². The van der Waals surface area contributed by atoms with Gasteiger partial charge in [-0.3, -0.25) is 10.00 Å². The molecule has 172 valence electrons. The Morgan fingerprint density at radius 1 is 0.970 bits per heavy atom. The third-order valence-electron chi connectivity index (χ3n) is 7.46. The number of hydrogen-bond donors (Lipinski definition) is 2. The fourth-order valence-electron chi connectivity index (χ4n) is 5.98. The van der Waals surface area contributed by atoms with Gasteiger partial charge in [0.25, 0.3) is 0 Å². The molecule has 4 aromatic rings. The molecule has 0 aliphatic carbocycles. The maximum absolute atomic E-state index is 6.12. The van der Waals surface area contributed by atoms with Crippen LogP contribution in [-0.4, -0.2) is 57.3 Å². The number of aromatic nitrogens is 4. The van der Waals surface area contributed by atoms with E-state index in [1.807, 2.05) is 18.2 Å². The summed E-state index contributed by atoms with van der Waals surface area (Å²) >= 11 is 6.12. The molecule has 0 saturated carbocycles. The first kappa shape index (κ1) is 21.0. The monoisotopic (exact) mass is 462 g/mol. The van der Waals surface area contributed by atoms with Crippen LogP contribution < -0.4 is 4.90 Å². The number of piperidine rings is 2. The van der Waals surface area contributed by atoms with Crippen LogP contribution >= 0.6 is 11.6 Å². The first-order valence-electron chi connectivity index (χ1n) is 12.2. The van der Waals surface area contributed by atoms with E-state index in [1.54, 1.807) is 0 Å². The number of rotatable bonds is 3. The topological polar surface area (TPSA) is 63.8 Å². The molecule has 33 heavy (non-hydrogen) atoms. The maximum Gasteiger partial charge on any atom is 0.159 e. The molecule has 2 unspecified atom stereocenters. The molecule has 2 aromatic heterocycles. The molecule has 7 heteroatoms. The Bertz CT molecular complexity index is 1270. The minimum absolute atomic E-state index is 0.694. The van der Waals surface area contributed by atoms with Crippen molar-refractivity contribution in [3.05, 3.63) is 41.4 Å². The molecule has 0 radical (unpaired) electrons. The summed E-state index contributed by atoms with van der Waals surface area (Å²) in [6, 6.07) is 13.1. The van der Waals surface area contributed by atoms with Crippen molar-refractivity contribution in [3.63, 3.8) is 0 Å². The third-order valence-corrected chi connectivity index (χ3v) is 7.69. The highest BCUT2D eigenvalue weighted by atomic mass is 35.5. The lowest BCUT2D eigenvalue weighted by Crippen LogP contribution is -2.50. The van der Waals surface area contributed by atoms with Crippen molar-refractivity contribution in [2.75, 3.05) is 31.1 Å². The van der Waals surface area contributed by atoms with Crippen molar-refractivity contribution < 1.29 is 0 Å². The summed E-state index contributed by atoms with van der Waals surface area (Å²) in [5.74, 6) is 2.43. The molecule has 2 aromatic carbocycles. The van der Waals surface area contributed by atoms with Crippen molar-refractivity contribution in [2.45, 2.75) is 39.2 Å². The maximum atomic E-state index is 6.12. The van der Waals surface area contributed by atoms with E-state index >= 15 is 0 Å². The van der Waals surface area contributed by atoms with Crippen LogP contribution in [0.5, 0.6) is 0 Å². The van der Waals surface area contributed by atoms with E-state index in [-0.39, 0.29) is 0 Å². The van der Waals surface area contributed by atoms with Gasteiger partial charge in [0.1, 0.15) is 5.69 Å². The number of hydrogen-bond acceptors (Lipinski definition) is 4. The van der Waals surface area contributed by atoms with E-state index in [9.17, 15) is 0 Å². The van der Waals surface area contributed by atoms with E-state index in [4.69, 9.17) is 16.6 Å². The van der Waals surface area contributed by atoms with Gasteiger partial charge >= 0.3 is 0 Å². The average molecular weight is 463 g/mol. The number of halogens is 1. The Morgan fingerprint density at radius 2 is 1.76 bits per heavy atom. The predicted molar refractivity (Wildman–Crippen MR) is 136 cm³/mol. The molecule has 0 bridgehead atoms. The van der Waals surface area contributed by atoms with Gasteiger partial charge < -0.3 is 9.88 Å². The van der Waals surface area contributed by atoms with Crippen molar-refractivity contribution in [3.8, 4) is 11.5 Å². The number of anilines is 1. The Hall–Kier alpha value is -2.57. The lowest BCUT2D eigenvalue weighted by molar-refractivity contribution is 0.0826. The summed E-state index contributed by atoms with van der Waals surface area (Å²) in [5, 5.41) is 9.26. The summed E-state index contributed by atoms with van der Waals surface area (Å²) in [6.45, 7) is 9.58. The van der Waals surface area contributed by atoms with Crippen molar-refractivity contribution in [1.82, 2.24) is 25.1 Å². The summed E-state index contributed by atoms with van der Waals surface area (Å²) in [5.41, 5.74) is 5.03. The number of nitrogens with one attached hydrogen (secondary N) is 2.